The number of nitrogens with zero attached hydrogens (tertiary/aromatic N) is 2. The number of aromatic hydroxyl groups is 1. The maximum absolute atomic E-state index is 12.4. The SMILES string of the molecule is COc1ccc(C(=O)N(CC(N)=NO)C(C)C)cc1O. The van der Waals surface area contributed by atoms with Crippen LogP contribution in [0, 0.1) is 0 Å². The average molecular weight is 281 g/mol. The van der Waals surface area contributed by atoms with Crippen molar-refractivity contribution in [3.63, 3.8) is 0 Å². The van der Waals surface area contributed by atoms with Crippen molar-refractivity contribution in [1.82, 2.24) is 4.90 Å². The van der Waals surface area contributed by atoms with Gasteiger partial charge in [-0.25, -0.2) is 0 Å². The van der Waals surface area contributed by atoms with Crippen LogP contribution in [0.15, 0.2) is 23.4 Å². The summed E-state index contributed by atoms with van der Waals surface area (Å²) in [5.74, 6) is -0.228. The topological polar surface area (TPSA) is 108 Å². The predicted octanol–water partition coefficient (Wildman–Crippen LogP) is 0.998. The lowest BCUT2D eigenvalue weighted by Gasteiger charge is -2.26. The minimum absolute atomic E-state index is 0.000207. The fraction of sp³-hybridized carbons (Fsp3) is 0.385. The van der Waals surface area contributed by atoms with Gasteiger partial charge in [0.25, 0.3) is 5.91 Å². The van der Waals surface area contributed by atoms with Gasteiger partial charge in [0, 0.05) is 11.6 Å². The number of phenolic OH excluding ortho intramolecular Hbond substituents is 1. The van der Waals surface area contributed by atoms with E-state index in [-0.39, 0.29) is 35.8 Å². The molecule has 0 unspecified atom stereocenters. The third-order valence-electron chi connectivity index (χ3n) is 2.77. The van der Waals surface area contributed by atoms with Crippen LogP contribution in [0.1, 0.15) is 24.2 Å². The first-order valence-corrected chi connectivity index (χ1v) is 6.05. The number of hydrogen-bond donors (Lipinski definition) is 3. The Bertz CT molecular complexity index is 514. The highest BCUT2D eigenvalue weighted by molar-refractivity contribution is 5.97. The smallest absolute Gasteiger partial charge is 0.254 e. The number of carbonyl (C=O) groups excluding carboxylic acids is 1. The van der Waals surface area contributed by atoms with E-state index in [2.05, 4.69) is 5.16 Å². The summed E-state index contributed by atoms with van der Waals surface area (Å²) in [5, 5.41) is 21.2. The van der Waals surface area contributed by atoms with Crippen LogP contribution in [0.5, 0.6) is 11.5 Å². The van der Waals surface area contributed by atoms with Crippen molar-refractivity contribution in [1.29, 1.82) is 0 Å². The number of benzene rings is 1. The highest BCUT2D eigenvalue weighted by atomic mass is 16.5. The molecule has 0 saturated heterocycles. The van der Waals surface area contributed by atoms with Crippen LogP contribution in [-0.4, -0.2) is 46.7 Å². The number of carbonyl (C=O) groups is 1. The summed E-state index contributed by atoms with van der Waals surface area (Å²) >= 11 is 0. The molecular weight excluding hydrogens is 262 g/mol. The minimum atomic E-state index is -0.329. The van der Waals surface area contributed by atoms with Crippen LogP contribution in [0.2, 0.25) is 0 Å². The molecular formula is C13H19N3O4. The lowest BCUT2D eigenvalue weighted by atomic mass is 10.1. The number of nitrogens with two attached hydrogens (primary N) is 1. The Labute approximate surface area is 117 Å². The third-order valence-corrected chi connectivity index (χ3v) is 2.77. The standard InChI is InChI=1S/C13H19N3O4/c1-8(2)16(7-12(14)15-19)13(18)9-4-5-11(20-3)10(17)6-9/h4-6,8,17,19H,7H2,1-3H3,(H2,14,15). The van der Waals surface area contributed by atoms with Crippen molar-refractivity contribution in [2.75, 3.05) is 13.7 Å². The van der Waals surface area contributed by atoms with Gasteiger partial charge in [-0.1, -0.05) is 5.16 Å². The molecule has 1 rings (SSSR count). The minimum Gasteiger partial charge on any atom is -0.504 e. The first-order valence-electron chi connectivity index (χ1n) is 6.05. The molecule has 0 saturated carbocycles. The maximum atomic E-state index is 12.4. The molecule has 0 atom stereocenters. The summed E-state index contributed by atoms with van der Waals surface area (Å²) < 4.78 is 4.92. The number of phenols is 1. The monoisotopic (exact) mass is 281 g/mol. The number of ether oxygens (including phenoxy) is 1. The molecule has 1 amide bonds. The van der Waals surface area contributed by atoms with E-state index < -0.39 is 0 Å². The molecule has 0 aliphatic heterocycles. The molecule has 0 fully saturated rings. The largest absolute Gasteiger partial charge is 0.504 e. The van der Waals surface area contributed by atoms with Crippen molar-refractivity contribution < 1.29 is 19.8 Å². The van der Waals surface area contributed by atoms with Gasteiger partial charge >= 0.3 is 0 Å². The number of rotatable bonds is 5. The van der Waals surface area contributed by atoms with Gasteiger partial charge in [-0.15, -0.1) is 0 Å². The Kier molecular flexibility index (Phi) is 5.19. The normalized spacial score (nSPS) is 11.5. The van der Waals surface area contributed by atoms with Gasteiger partial charge in [0.15, 0.2) is 17.3 Å². The van der Waals surface area contributed by atoms with Gasteiger partial charge in [0.05, 0.1) is 13.7 Å². The Morgan fingerprint density at radius 1 is 1.50 bits per heavy atom. The van der Waals surface area contributed by atoms with Crippen molar-refractivity contribution in [2.45, 2.75) is 19.9 Å². The summed E-state index contributed by atoms with van der Waals surface area (Å²) in [5.41, 5.74) is 5.73. The molecule has 7 heteroatoms. The van der Waals surface area contributed by atoms with Crippen molar-refractivity contribution in [2.24, 2.45) is 10.9 Å². The van der Waals surface area contributed by atoms with Gasteiger partial charge in [-0.3, -0.25) is 4.79 Å². The summed E-state index contributed by atoms with van der Waals surface area (Å²) in [6.45, 7) is 3.62. The molecule has 20 heavy (non-hydrogen) atoms. The molecule has 7 nitrogen and oxygen atoms in total. The van der Waals surface area contributed by atoms with E-state index in [1.54, 1.807) is 6.07 Å². The van der Waals surface area contributed by atoms with Gasteiger partial charge < -0.3 is 25.7 Å². The average Bonchev–Trinajstić information content (AvgIpc) is 2.43. The zero-order valence-electron chi connectivity index (χ0n) is 11.7. The lowest BCUT2D eigenvalue weighted by Crippen LogP contribution is -2.42. The van der Waals surface area contributed by atoms with Gasteiger partial charge in [-0.2, -0.15) is 0 Å². The Hall–Kier alpha value is -2.44. The van der Waals surface area contributed by atoms with E-state index in [0.717, 1.165) is 0 Å². The third kappa shape index (κ3) is 3.53. The molecule has 0 aliphatic rings. The Morgan fingerprint density at radius 2 is 2.15 bits per heavy atom. The fourth-order valence-corrected chi connectivity index (χ4v) is 1.68. The quantitative estimate of drug-likeness (QED) is 0.323. The van der Waals surface area contributed by atoms with Gasteiger partial charge in [-0.05, 0) is 32.0 Å². The van der Waals surface area contributed by atoms with E-state index >= 15 is 0 Å². The maximum Gasteiger partial charge on any atom is 0.254 e. The molecule has 1 aromatic carbocycles. The van der Waals surface area contributed by atoms with E-state index in [0.29, 0.717) is 5.56 Å². The highest BCUT2D eigenvalue weighted by Gasteiger charge is 2.21. The molecule has 1 aromatic rings. The van der Waals surface area contributed by atoms with Crippen molar-refractivity contribution in [3.8, 4) is 11.5 Å². The van der Waals surface area contributed by atoms with Gasteiger partial charge in [0.1, 0.15) is 0 Å². The summed E-state index contributed by atoms with van der Waals surface area (Å²) in [4.78, 5) is 13.8. The second kappa shape index (κ2) is 6.65. The highest BCUT2D eigenvalue weighted by Crippen LogP contribution is 2.26. The molecule has 0 radical (unpaired) electrons. The van der Waals surface area contributed by atoms with Crippen LogP contribution in [0.25, 0.3) is 0 Å². The Balaban J connectivity index is 3.03. The molecule has 4 N–H and O–H groups in total. The Morgan fingerprint density at radius 3 is 2.60 bits per heavy atom. The summed E-state index contributed by atoms with van der Waals surface area (Å²) in [7, 11) is 1.43. The van der Waals surface area contributed by atoms with E-state index in [9.17, 15) is 9.90 Å². The number of amides is 1. The predicted molar refractivity (Wildman–Crippen MR) is 74.2 cm³/mol. The first-order chi connectivity index (χ1) is 9.40. The number of oxime groups is 1. The number of amidine groups is 1. The van der Waals surface area contributed by atoms with Crippen molar-refractivity contribution in [3.05, 3.63) is 23.8 Å². The lowest BCUT2D eigenvalue weighted by molar-refractivity contribution is 0.0733. The first kappa shape index (κ1) is 15.6. The molecule has 0 aromatic heterocycles. The fourth-order valence-electron chi connectivity index (χ4n) is 1.68. The van der Waals surface area contributed by atoms with Crippen molar-refractivity contribution >= 4 is 11.7 Å². The second-order valence-corrected chi connectivity index (χ2v) is 4.50. The van der Waals surface area contributed by atoms with Crippen LogP contribution in [0.4, 0.5) is 0 Å². The number of methoxy groups -OCH3 is 1. The number of hydrogen-bond acceptors (Lipinski definition) is 5. The van der Waals surface area contributed by atoms with Crippen LogP contribution < -0.4 is 10.5 Å². The van der Waals surface area contributed by atoms with Crippen LogP contribution in [0.3, 0.4) is 0 Å². The molecule has 0 heterocycles. The van der Waals surface area contributed by atoms with Crippen LogP contribution in [-0.2, 0) is 0 Å². The molecule has 0 bridgehead atoms. The summed E-state index contributed by atoms with van der Waals surface area (Å²) in [6, 6.07) is 4.22. The zero-order valence-corrected chi connectivity index (χ0v) is 11.7. The molecule has 110 valence electrons. The zero-order chi connectivity index (χ0) is 15.3. The molecule has 0 aliphatic carbocycles. The van der Waals surface area contributed by atoms with E-state index in [4.69, 9.17) is 15.7 Å². The second-order valence-electron chi connectivity index (χ2n) is 4.50. The van der Waals surface area contributed by atoms with Gasteiger partial charge in [0.2, 0.25) is 0 Å². The van der Waals surface area contributed by atoms with Crippen LogP contribution >= 0.6 is 0 Å². The molecule has 0 spiro atoms. The summed E-state index contributed by atoms with van der Waals surface area (Å²) in [6.07, 6.45) is 0. The van der Waals surface area contributed by atoms with E-state index in [1.165, 1.54) is 24.1 Å². The van der Waals surface area contributed by atoms with E-state index in [1.807, 2.05) is 13.8 Å².